The number of benzene rings is 2. The van der Waals surface area contributed by atoms with Crippen LogP contribution in [0, 0.1) is 5.82 Å². The van der Waals surface area contributed by atoms with Crippen LogP contribution in [0.2, 0.25) is 5.02 Å². The molecule has 0 aromatic heterocycles. The van der Waals surface area contributed by atoms with Crippen LogP contribution in [-0.2, 0) is 0 Å². The normalized spacial score (nSPS) is 10.7. The van der Waals surface area contributed by atoms with E-state index < -0.39 is 5.82 Å². The summed E-state index contributed by atoms with van der Waals surface area (Å²) in [5.41, 5.74) is 0.411. The van der Waals surface area contributed by atoms with Crippen LogP contribution in [0.15, 0.2) is 42.5 Å². The minimum Gasteiger partial charge on any atom is -0.491 e. The molecule has 0 spiro atoms. The first-order valence-corrected chi connectivity index (χ1v) is 6.61. The number of ketones is 1. The van der Waals surface area contributed by atoms with Gasteiger partial charge in [0.25, 0.3) is 0 Å². The Labute approximate surface area is 122 Å². The maximum Gasteiger partial charge on any atom is 0.195 e. The molecule has 2 aromatic rings. The number of hydrogen-bond donors (Lipinski definition) is 0. The zero-order valence-corrected chi connectivity index (χ0v) is 11.9. The maximum absolute atomic E-state index is 13.7. The molecule has 0 heterocycles. The third kappa shape index (κ3) is 3.36. The van der Waals surface area contributed by atoms with Crippen LogP contribution in [0.5, 0.6) is 5.75 Å². The van der Waals surface area contributed by atoms with Crippen molar-refractivity contribution in [2.24, 2.45) is 0 Å². The van der Waals surface area contributed by atoms with Crippen molar-refractivity contribution in [2.75, 3.05) is 0 Å². The second kappa shape index (κ2) is 6.06. The number of halogens is 2. The predicted molar refractivity (Wildman–Crippen MR) is 77.0 cm³/mol. The molecule has 2 aromatic carbocycles. The summed E-state index contributed by atoms with van der Waals surface area (Å²) in [6, 6.07) is 10.6. The summed E-state index contributed by atoms with van der Waals surface area (Å²) in [6.45, 7) is 3.84. The summed E-state index contributed by atoms with van der Waals surface area (Å²) >= 11 is 5.67. The molecule has 0 aliphatic heterocycles. The van der Waals surface area contributed by atoms with Gasteiger partial charge < -0.3 is 4.74 Å². The van der Waals surface area contributed by atoms with Gasteiger partial charge in [-0.3, -0.25) is 4.79 Å². The molecule has 0 N–H and O–H groups in total. The van der Waals surface area contributed by atoms with Crippen LogP contribution in [-0.4, -0.2) is 11.9 Å². The molecule has 0 radical (unpaired) electrons. The second-order valence-corrected chi connectivity index (χ2v) is 5.08. The van der Waals surface area contributed by atoms with Crippen molar-refractivity contribution < 1.29 is 13.9 Å². The van der Waals surface area contributed by atoms with E-state index in [2.05, 4.69) is 0 Å². The summed E-state index contributed by atoms with van der Waals surface area (Å²) in [4.78, 5) is 12.2. The van der Waals surface area contributed by atoms with E-state index in [4.69, 9.17) is 16.3 Å². The molecule has 0 unspecified atom stereocenters. The molecule has 2 rings (SSSR count). The fraction of sp³-hybridized carbons (Fsp3) is 0.188. The third-order valence-electron chi connectivity index (χ3n) is 2.66. The first-order valence-electron chi connectivity index (χ1n) is 6.24. The third-order valence-corrected chi connectivity index (χ3v) is 2.90. The Morgan fingerprint density at radius 1 is 1.15 bits per heavy atom. The van der Waals surface area contributed by atoms with E-state index >= 15 is 0 Å². The van der Waals surface area contributed by atoms with Gasteiger partial charge in [-0.15, -0.1) is 0 Å². The Kier molecular flexibility index (Phi) is 4.40. The van der Waals surface area contributed by atoms with E-state index in [0.717, 1.165) is 6.07 Å². The van der Waals surface area contributed by atoms with Gasteiger partial charge in [0.2, 0.25) is 0 Å². The zero-order chi connectivity index (χ0) is 14.7. The molecule has 0 saturated heterocycles. The number of rotatable bonds is 4. The monoisotopic (exact) mass is 292 g/mol. The van der Waals surface area contributed by atoms with Crippen LogP contribution >= 0.6 is 11.6 Å². The van der Waals surface area contributed by atoms with Crippen molar-refractivity contribution in [3.05, 3.63) is 64.4 Å². The Bertz CT molecular complexity index is 621. The minimum atomic E-state index is -0.620. The van der Waals surface area contributed by atoms with Crippen molar-refractivity contribution >= 4 is 17.4 Å². The lowest BCUT2D eigenvalue weighted by Crippen LogP contribution is -2.07. The molecule has 104 valence electrons. The number of hydrogen-bond acceptors (Lipinski definition) is 2. The molecule has 0 fully saturated rings. The first kappa shape index (κ1) is 14.5. The average molecular weight is 293 g/mol. The van der Waals surface area contributed by atoms with Gasteiger partial charge >= 0.3 is 0 Å². The van der Waals surface area contributed by atoms with E-state index in [9.17, 15) is 9.18 Å². The number of ether oxygens (including phenoxy) is 1. The highest BCUT2D eigenvalue weighted by Crippen LogP contribution is 2.20. The van der Waals surface area contributed by atoms with Crippen LogP contribution < -0.4 is 4.74 Å². The van der Waals surface area contributed by atoms with Crippen molar-refractivity contribution in [3.8, 4) is 5.75 Å². The lowest BCUT2D eigenvalue weighted by Gasteiger charge is -2.10. The summed E-state index contributed by atoms with van der Waals surface area (Å²) in [5.74, 6) is -0.326. The standard InChI is InChI=1S/C16H14ClFO2/c1-10(2)20-13-6-3-11(4-7-13)16(19)14-8-5-12(17)9-15(14)18/h3-10H,1-2H3. The minimum absolute atomic E-state index is 0.00641. The molecular weight excluding hydrogens is 279 g/mol. The van der Waals surface area contributed by atoms with Gasteiger partial charge in [0.1, 0.15) is 11.6 Å². The second-order valence-electron chi connectivity index (χ2n) is 4.64. The molecule has 4 heteroatoms. The summed E-state index contributed by atoms with van der Waals surface area (Å²) in [5, 5.41) is 0.264. The Balaban J connectivity index is 2.25. The quantitative estimate of drug-likeness (QED) is 0.776. The highest BCUT2D eigenvalue weighted by Gasteiger charge is 2.14. The van der Waals surface area contributed by atoms with Gasteiger partial charge in [0.15, 0.2) is 5.78 Å². The van der Waals surface area contributed by atoms with E-state index in [1.807, 2.05) is 13.8 Å². The Hall–Kier alpha value is -1.87. The van der Waals surface area contributed by atoms with Crippen LogP contribution in [0.3, 0.4) is 0 Å². The molecule has 2 nitrogen and oxygen atoms in total. The number of carbonyl (C=O) groups is 1. The van der Waals surface area contributed by atoms with Gasteiger partial charge in [0.05, 0.1) is 11.7 Å². The van der Waals surface area contributed by atoms with Crippen molar-refractivity contribution in [3.63, 3.8) is 0 Å². The highest BCUT2D eigenvalue weighted by molar-refractivity contribution is 6.30. The summed E-state index contributed by atoms with van der Waals surface area (Å²) < 4.78 is 19.2. The first-order chi connectivity index (χ1) is 9.47. The average Bonchev–Trinajstić information content (AvgIpc) is 2.38. The topological polar surface area (TPSA) is 26.3 Å². The van der Waals surface area contributed by atoms with E-state index in [-0.39, 0.29) is 22.5 Å². The van der Waals surface area contributed by atoms with Gasteiger partial charge in [-0.1, -0.05) is 11.6 Å². The van der Waals surface area contributed by atoms with E-state index in [0.29, 0.717) is 11.3 Å². The summed E-state index contributed by atoms with van der Waals surface area (Å²) in [7, 11) is 0. The Morgan fingerprint density at radius 2 is 1.80 bits per heavy atom. The van der Waals surface area contributed by atoms with Crippen molar-refractivity contribution in [1.82, 2.24) is 0 Å². The lowest BCUT2D eigenvalue weighted by atomic mass is 10.0. The SMILES string of the molecule is CC(C)Oc1ccc(C(=O)c2ccc(Cl)cc2F)cc1. The molecule has 0 atom stereocenters. The molecule has 0 aliphatic carbocycles. The highest BCUT2D eigenvalue weighted by atomic mass is 35.5. The number of carbonyl (C=O) groups excluding carboxylic acids is 1. The molecule has 0 aliphatic rings. The van der Waals surface area contributed by atoms with Gasteiger partial charge in [-0.25, -0.2) is 4.39 Å². The van der Waals surface area contributed by atoms with E-state index in [1.165, 1.54) is 12.1 Å². The van der Waals surface area contributed by atoms with Gasteiger partial charge in [-0.05, 0) is 56.3 Å². The fourth-order valence-corrected chi connectivity index (χ4v) is 1.94. The van der Waals surface area contributed by atoms with Gasteiger partial charge in [-0.2, -0.15) is 0 Å². The predicted octanol–water partition coefficient (Wildman–Crippen LogP) is 4.50. The van der Waals surface area contributed by atoms with Gasteiger partial charge in [0, 0.05) is 10.6 Å². The molecule has 0 saturated carbocycles. The largest absolute Gasteiger partial charge is 0.491 e. The molecule has 0 amide bonds. The van der Waals surface area contributed by atoms with Crippen LogP contribution in [0.1, 0.15) is 29.8 Å². The molecule has 0 bridgehead atoms. The summed E-state index contributed by atoms with van der Waals surface area (Å²) in [6.07, 6.45) is 0.0604. The van der Waals surface area contributed by atoms with E-state index in [1.54, 1.807) is 24.3 Å². The smallest absolute Gasteiger partial charge is 0.195 e. The Morgan fingerprint density at radius 3 is 2.35 bits per heavy atom. The molecule has 20 heavy (non-hydrogen) atoms. The zero-order valence-electron chi connectivity index (χ0n) is 11.2. The van der Waals surface area contributed by atoms with Crippen molar-refractivity contribution in [1.29, 1.82) is 0 Å². The molecular formula is C16H14ClFO2. The van der Waals surface area contributed by atoms with Crippen LogP contribution in [0.4, 0.5) is 4.39 Å². The fourth-order valence-electron chi connectivity index (χ4n) is 1.79. The lowest BCUT2D eigenvalue weighted by molar-refractivity contribution is 0.103. The van der Waals surface area contributed by atoms with Crippen molar-refractivity contribution in [2.45, 2.75) is 20.0 Å². The maximum atomic E-state index is 13.7. The van der Waals surface area contributed by atoms with Crippen LogP contribution in [0.25, 0.3) is 0 Å².